The quantitative estimate of drug-likeness (QED) is 0.0246. The number of hydrogen-bond donors (Lipinski definition) is 3. The monoisotopic (exact) mass is 873 g/mol. The van der Waals surface area contributed by atoms with Crippen LogP contribution in [0.3, 0.4) is 0 Å². The van der Waals surface area contributed by atoms with Gasteiger partial charge in [0, 0.05) is 24.3 Å². The Labute approximate surface area is 369 Å². The molecule has 3 N–H and O–H groups in total. The molecule has 3 atom stereocenters. The van der Waals surface area contributed by atoms with E-state index in [1.807, 2.05) is 19.9 Å². The largest absolute Gasteiger partial charge is 0.543 e. The van der Waals surface area contributed by atoms with Gasteiger partial charge >= 0.3 is 20.0 Å². The number of esters is 1. The minimum absolute atomic E-state index is 0.0648. The molecule has 0 unspecified atom stereocenters. The predicted molar refractivity (Wildman–Crippen MR) is 235 cm³/mol. The molecule has 1 saturated heterocycles. The number of rotatable bonds is 26. The number of hydroxylamine groups is 2. The van der Waals surface area contributed by atoms with E-state index in [9.17, 15) is 33.6 Å². The van der Waals surface area contributed by atoms with Crippen LogP contribution in [0.4, 0.5) is 5.69 Å². The van der Waals surface area contributed by atoms with Gasteiger partial charge < -0.3 is 44.2 Å². The van der Waals surface area contributed by atoms with Crippen LogP contribution in [0.15, 0.2) is 59.0 Å². The van der Waals surface area contributed by atoms with Crippen LogP contribution in [0.5, 0.6) is 5.75 Å². The predicted octanol–water partition coefficient (Wildman–Crippen LogP) is 4.88. The van der Waals surface area contributed by atoms with Gasteiger partial charge in [0.15, 0.2) is 5.76 Å². The Hall–Kier alpha value is -6.33. The molecule has 1 aliphatic heterocycles. The summed E-state index contributed by atoms with van der Waals surface area (Å²) in [6.45, 7) is 9.35. The van der Waals surface area contributed by atoms with E-state index in [0.29, 0.717) is 37.7 Å². The van der Waals surface area contributed by atoms with Gasteiger partial charge in [-0.15, -0.1) is 0 Å². The first-order valence-electron chi connectivity index (χ1n) is 21.8. The topological polar surface area (TPSA) is 212 Å². The fraction of sp³-hybridized carbons (Fsp3) is 0.489. The van der Waals surface area contributed by atoms with E-state index in [4.69, 9.17) is 23.4 Å². The minimum Gasteiger partial charge on any atom is -0.543 e. The van der Waals surface area contributed by atoms with Crippen LogP contribution >= 0.6 is 0 Å². The lowest BCUT2D eigenvalue weighted by atomic mass is 9.90. The molecule has 0 spiro atoms. The molecule has 1 aliphatic rings. The molecule has 340 valence electrons. The van der Waals surface area contributed by atoms with Gasteiger partial charge in [-0.1, -0.05) is 58.6 Å². The van der Waals surface area contributed by atoms with Crippen molar-refractivity contribution in [2.45, 2.75) is 104 Å². The molecular formula is C45H60BN5O12. The Morgan fingerprint density at radius 3 is 2.35 bits per heavy atom. The second-order valence-corrected chi connectivity index (χ2v) is 15.0. The van der Waals surface area contributed by atoms with E-state index >= 15 is 0 Å². The molecule has 18 heteroatoms. The summed E-state index contributed by atoms with van der Waals surface area (Å²) in [6.07, 6.45) is 6.68. The Kier molecular flexibility index (Phi) is 20.0. The van der Waals surface area contributed by atoms with Gasteiger partial charge in [0.1, 0.15) is 17.6 Å². The molecule has 0 aliphatic carbocycles. The maximum absolute atomic E-state index is 13.7. The van der Waals surface area contributed by atoms with Gasteiger partial charge in [-0.3, -0.25) is 24.0 Å². The highest BCUT2D eigenvalue weighted by Gasteiger charge is 2.34. The molecule has 4 amide bonds. The normalized spacial score (nSPS) is 13.5. The zero-order valence-corrected chi connectivity index (χ0v) is 36.9. The summed E-state index contributed by atoms with van der Waals surface area (Å²) in [6, 6.07) is 12.6. The van der Waals surface area contributed by atoms with E-state index in [1.165, 1.54) is 20.2 Å². The van der Waals surface area contributed by atoms with Crippen LogP contribution < -0.4 is 25.6 Å². The number of carbonyl (C=O) groups is 7. The van der Waals surface area contributed by atoms with Gasteiger partial charge in [-0.2, -0.15) is 5.06 Å². The molecule has 1 fully saturated rings. The number of nitrogens with zero attached hydrogens (tertiary/aromatic N) is 2. The Morgan fingerprint density at radius 2 is 1.67 bits per heavy atom. The summed E-state index contributed by atoms with van der Waals surface area (Å²) in [4.78, 5) is 98.6. The van der Waals surface area contributed by atoms with Gasteiger partial charge in [-0.25, -0.2) is 9.59 Å². The molecule has 3 aromatic rings. The standard InChI is InChI=1S/C45H60BN5O12/c1-5-9-11-17-33(36(7-3)51(29-52)63-44(57)31-15-14-16-32(25-31)50-22-12-13-23-50)41(54)47-28-48-43(56)38-21-20-37(61-38)30-18-19-34(39(26-30)59-8-4)42(55)49-35(27-40(53)62-46)45(58)60-24-10-6-2/h14-16,18-21,25-26,29,33,35-36H,5-13,17,22-24,27-28,46H2,1-4H3,(H,47,54)(H,48,56)(H,49,55)/t33-,35+,36-/m1/s1. The lowest BCUT2D eigenvalue weighted by Gasteiger charge is -2.32. The number of anilines is 1. The Balaban J connectivity index is 1.41. The molecule has 2 heterocycles. The number of ether oxygens (including phenoxy) is 2. The lowest BCUT2D eigenvalue weighted by molar-refractivity contribution is -0.171. The number of nitrogens with one attached hydrogen (secondary N) is 3. The zero-order valence-electron chi connectivity index (χ0n) is 36.9. The number of hydrogen-bond acceptors (Lipinski definition) is 13. The highest BCUT2D eigenvalue weighted by atomic mass is 16.7. The maximum atomic E-state index is 13.7. The van der Waals surface area contributed by atoms with E-state index in [1.54, 1.807) is 50.2 Å². The minimum atomic E-state index is -1.30. The third-order valence-electron chi connectivity index (χ3n) is 10.6. The van der Waals surface area contributed by atoms with Crippen molar-refractivity contribution in [3.63, 3.8) is 0 Å². The summed E-state index contributed by atoms with van der Waals surface area (Å²) in [5, 5.41) is 8.85. The van der Waals surface area contributed by atoms with Crippen molar-refractivity contribution in [2.75, 3.05) is 37.9 Å². The number of amides is 4. The summed E-state index contributed by atoms with van der Waals surface area (Å²) in [5.74, 6) is -4.34. The Morgan fingerprint density at radius 1 is 0.905 bits per heavy atom. The van der Waals surface area contributed by atoms with Crippen LogP contribution in [0, 0.1) is 5.92 Å². The fourth-order valence-electron chi connectivity index (χ4n) is 7.15. The van der Waals surface area contributed by atoms with Crippen LogP contribution in [0.2, 0.25) is 0 Å². The number of carbonyl (C=O) groups excluding carboxylic acids is 7. The van der Waals surface area contributed by atoms with Crippen molar-refractivity contribution >= 4 is 55.8 Å². The first-order valence-corrected chi connectivity index (χ1v) is 21.8. The zero-order chi connectivity index (χ0) is 45.7. The number of benzene rings is 2. The fourth-order valence-corrected chi connectivity index (χ4v) is 7.15. The van der Waals surface area contributed by atoms with Gasteiger partial charge in [0.2, 0.25) is 12.3 Å². The molecule has 17 nitrogen and oxygen atoms in total. The third-order valence-corrected chi connectivity index (χ3v) is 10.6. The van der Waals surface area contributed by atoms with Gasteiger partial charge in [0.05, 0.1) is 49.4 Å². The van der Waals surface area contributed by atoms with Gasteiger partial charge in [0.25, 0.3) is 17.8 Å². The average molecular weight is 874 g/mol. The summed E-state index contributed by atoms with van der Waals surface area (Å²) >= 11 is 0. The summed E-state index contributed by atoms with van der Waals surface area (Å²) in [5.41, 5.74) is 1.73. The highest BCUT2D eigenvalue weighted by Crippen LogP contribution is 2.30. The third kappa shape index (κ3) is 14.4. The maximum Gasteiger partial charge on any atom is 0.363 e. The molecule has 0 bridgehead atoms. The SMILES string of the molecule is BOC(=O)C[C@H](NC(=O)c1ccc(-c2ccc(C(=O)NCNC(=O)[C@H](CCCCC)[C@@H](CC)N(C=O)OC(=O)c3cccc(N4CCCC4)c3)o2)cc1OCC)C(=O)OCCCC. The number of unbranched alkanes of at least 4 members (excludes halogenated alkanes) is 3. The molecule has 2 aromatic carbocycles. The number of furan rings is 1. The van der Waals surface area contributed by atoms with Crippen molar-refractivity contribution in [3.8, 4) is 17.1 Å². The second-order valence-electron chi connectivity index (χ2n) is 15.0. The van der Waals surface area contributed by atoms with Crippen molar-refractivity contribution in [2.24, 2.45) is 5.92 Å². The second kappa shape index (κ2) is 25.6. The molecule has 0 radical (unpaired) electrons. The van der Waals surface area contributed by atoms with Crippen molar-refractivity contribution < 1.29 is 56.9 Å². The van der Waals surface area contributed by atoms with E-state index in [0.717, 1.165) is 55.9 Å². The Bertz CT molecular complexity index is 2020. The summed E-state index contributed by atoms with van der Waals surface area (Å²) in [7, 11) is 1.18. The smallest absolute Gasteiger partial charge is 0.363 e. The first-order chi connectivity index (χ1) is 30.5. The van der Waals surface area contributed by atoms with Crippen molar-refractivity contribution in [3.05, 3.63) is 71.5 Å². The molecule has 4 rings (SSSR count). The van der Waals surface area contributed by atoms with E-state index < -0.39 is 60.1 Å². The van der Waals surface area contributed by atoms with Gasteiger partial charge in [-0.05, 0) is 81.5 Å². The highest BCUT2D eigenvalue weighted by molar-refractivity contribution is 6.06. The summed E-state index contributed by atoms with van der Waals surface area (Å²) < 4.78 is 21.6. The average Bonchev–Trinajstić information content (AvgIpc) is 4.02. The molecule has 63 heavy (non-hydrogen) atoms. The van der Waals surface area contributed by atoms with Crippen LogP contribution in [-0.2, 0) is 33.4 Å². The van der Waals surface area contributed by atoms with Crippen LogP contribution in [0.25, 0.3) is 11.3 Å². The van der Waals surface area contributed by atoms with E-state index in [2.05, 4.69) is 20.9 Å². The molecule has 1 aromatic heterocycles. The molecular weight excluding hydrogens is 813 g/mol. The first kappa shape index (κ1) is 49.3. The van der Waals surface area contributed by atoms with Crippen LogP contribution in [0.1, 0.15) is 123 Å². The van der Waals surface area contributed by atoms with Crippen molar-refractivity contribution in [1.82, 2.24) is 21.0 Å². The van der Waals surface area contributed by atoms with E-state index in [-0.39, 0.29) is 48.3 Å². The van der Waals surface area contributed by atoms with Crippen LogP contribution in [-0.4, -0.2) is 100 Å². The lowest BCUT2D eigenvalue weighted by Crippen LogP contribution is -2.49. The molecule has 0 saturated carbocycles. The van der Waals surface area contributed by atoms with Crippen molar-refractivity contribution in [1.29, 1.82) is 0 Å².